The molecule has 0 aromatic heterocycles. The van der Waals surface area contributed by atoms with E-state index in [2.05, 4.69) is 4.90 Å². The van der Waals surface area contributed by atoms with Crippen LogP contribution in [0.15, 0.2) is 18.2 Å². The summed E-state index contributed by atoms with van der Waals surface area (Å²) in [5.41, 5.74) is 0.638. The van der Waals surface area contributed by atoms with Crippen LogP contribution in [0.5, 0.6) is 11.5 Å². The maximum Gasteiger partial charge on any atom is 0.329 e. The Kier molecular flexibility index (Phi) is 4.15. The summed E-state index contributed by atoms with van der Waals surface area (Å²) in [4.78, 5) is 12.6. The maximum absolute atomic E-state index is 10.5. The van der Waals surface area contributed by atoms with Crippen LogP contribution in [0.1, 0.15) is 12.5 Å². The molecular formula is C14H19NO5. The summed E-state index contributed by atoms with van der Waals surface area (Å²) in [6, 6.07) is 5.24. The van der Waals surface area contributed by atoms with E-state index in [-0.39, 0.29) is 18.0 Å². The topological polar surface area (TPSA) is 79.2 Å². The van der Waals surface area contributed by atoms with Gasteiger partial charge in [0.25, 0.3) is 0 Å². The second-order valence-corrected chi connectivity index (χ2v) is 5.28. The molecule has 6 nitrogen and oxygen atoms in total. The van der Waals surface area contributed by atoms with E-state index in [1.807, 2.05) is 13.0 Å². The summed E-state index contributed by atoms with van der Waals surface area (Å²) in [7, 11) is 1.51. The number of benzene rings is 1. The van der Waals surface area contributed by atoms with Gasteiger partial charge in [-0.1, -0.05) is 6.07 Å². The van der Waals surface area contributed by atoms with Crippen LogP contribution in [0.4, 0.5) is 0 Å². The maximum atomic E-state index is 10.5. The Morgan fingerprint density at radius 2 is 2.15 bits per heavy atom. The Morgan fingerprint density at radius 1 is 1.45 bits per heavy atom. The van der Waals surface area contributed by atoms with E-state index < -0.39 is 5.97 Å². The molecule has 1 aromatic carbocycles. The van der Waals surface area contributed by atoms with E-state index in [4.69, 9.17) is 14.6 Å². The van der Waals surface area contributed by atoms with Crippen LogP contribution in [0.25, 0.3) is 0 Å². The minimum atomic E-state index is -0.951. The van der Waals surface area contributed by atoms with Crippen LogP contribution in [-0.2, 0) is 16.1 Å². The number of phenols is 1. The van der Waals surface area contributed by atoms with Crippen molar-refractivity contribution in [2.75, 3.05) is 26.8 Å². The average molecular weight is 281 g/mol. The van der Waals surface area contributed by atoms with Crippen LogP contribution in [0.2, 0.25) is 0 Å². The van der Waals surface area contributed by atoms with Crippen molar-refractivity contribution in [1.29, 1.82) is 0 Å². The first-order chi connectivity index (χ1) is 9.42. The lowest BCUT2D eigenvalue weighted by Gasteiger charge is -2.47. The number of likely N-dealkylation sites (tertiary alicyclic amines) is 1. The summed E-state index contributed by atoms with van der Waals surface area (Å²) in [6.45, 7) is 3.72. The Bertz CT molecular complexity index is 496. The quantitative estimate of drug-likeness (QED) is 0.812. The normalized spacial score (nSPS) is 17.5. The van der Waals surface area contributed by atoms with Crippen molar-refractivity contribution < 1.29 is 24.5 Å². The number of aromatic hydroxyl groups is 1. The van der Waals surface area contributed by atoms with Gasteiger partial charge in [0.1, 0.15) is 6.61 Å². The molecule has 20 heavy (non-hydrogen) atoms. The molecule has 1 aliphatic rings. The van der Waals surface area contributed by atoms with Crippen LogP contribution in [0.3, 0.4) is 0 Å². The third-order valence-corrected chi connectivity index (χ3v) is 3.31. The highest BCUT2D eigenvalue weighted by Crippen LogP contribution is 2.30. The zero-order valence-corrected chi connectivity index (χ0v) is 11.6. The first-order valence-electron chi connectivity index (χ1n) is 6.36. The van der Waals surface area contributed by atoms with E-state index in [1.54, 1.807) is 12.1 Å². The highest BCUT2D eigenvalue weighted by Gasteiger charge is 2.39. The summed E-state index contributed by atoms with van der Waals surface area (Å²) >= 11 is 0. The van der Waals surface area contributed by atoms with Gasteiger partial charge in [-0.25, -0.2) is 4.79 Å². The van der Waals surface area contributed by atoms with Gasteiger partial charge in [0, 0.05) is 19.6 Å². The number of phenolic OH excluding ortho intramolecular Hbond substituents is 1. The van der Waals surface area contributed by atoms with Gasteiger partial charge in [-0.2, -0.15) is 0 Å². The molecule has 2 N–H and O–H groups in total. The van der Waals surface area contributed by atoms with E-state index in [1.165, 1.54) is 7.11 Å². The second kappa shape index (κ2) is 5.68. The van der Waals surface area contributed by atoms with Crippen molar-refractivity contribution in [3.63, 3.8) is 0 Å². The van der Waals surface area contributed by atoms with E-state index in [0.717, 1.165) is 5.56 Å². The number of methoxy groups -OCH3 is 1. The molecule has 0 aliphatic carbocycles. The van der Waals surface area contributed by atoms with Crippen molar-refractivity contribution in [3.8, 4) is 11.5 Å². The third-order valence-electron chi connectivity index (χ3n) is 3.31. The van der Waals surface area contributed by atoms with Crippen molar-refractivity contribution in [2.45, 2.75) is 19.1 Å². The molecule has 6 heteroatoms. The lowest BCUT2D eigenvalue weighted by Crippen LogP contribution is -2.61. The highest BCUT2D eigenvalue weighted by molar-refractivity contribution is 5.68. The molecule has 0 radical (unpaired) electrons. The third kappa shape index (κ3) is 3.40. The number of carbonyl (C=O) groups is 1. The Morgan fingerprint density at radius 3 is 2.75 bits per heavy atom. The fraction of sp³-hybridized carbons (Fsp3) is 0.500. The summed E-state index contributed by atoms with van der Waals surface area (Å²) in [6.07, 6.45) is 0. The molecule has 110 valence electrons. The van der Waals surface area contributed by atoms with Crippen molar-refractivity contribution >= 4 is 5.97 Å². The molecule has 2 rings (SSSR count). The SMILES string of the molecule is COc1cc(CN2CC(C)(OCC(=O)O)C2)ccc1O. The van der Waals surface area contributed by atoms with Gasteiger partial charge in [0.15, 0.2) is 11.5 Å². The summed E-state index contributed by atoms with van der Waals surface area (Å²) in [5.74, 6) is -0.379. The number of nitrogens with zero attached hydrogens (tertiary/aromatic N) is 1. The zero-order valence-electron chi connectivity index (χ0n) is 11.6. The van der Waals surface area contributed by atoms with Crippen LogP contribution in [0, 0.1) is 0 Å². The number of rotatable bonds is 6. The first-order valence-corrected chi connectivity index (χ1v) is 6.36. The molecular weight excluding hydrogens is 262 g/mol. The molecule has 0 spiro atoms. The molecule has 0 bridgehead atoms. The average Bonchev–Trinajstić information content (AvgIpc) is 2.36. The van der Waals surface area contributed by atoms with Crippen molar-refractivity contribution in [1.82, 2.24) is 4.90 Å². The van der Waals surface area contributed by atoms with Gasteiger partial charge in [-0.15, -0.1) is 0 Å². The lowest BCUT2D eigenvalue weighted by molar-refractivity contribution is -0.165. The molecule has 0 amide bonds. The molecule has 1 saturated heterocycles. The monoisotopic (exact) mass is 281 g/mol. The minimum Gasteiger partial charge on any atom is -0.504 e. The first kappa shape index (κ1) is 14.6. The Labute approximate surface area is 117 Å². The predicted molar refractivity (Wildman–Crippen MR) is 71.9 cm³/mol. The second-order valence-electron chi connectivity index (χ2n) is 5.28. The van der Waals surface area contributed by atoms with Crippen molar-refractivity contribution in [3.05, 3.63) is 23.8 Å². The van der Waals surface area contributed by atoms with Gasteiger partial charge < -0.3 is 19.7 Å². The Balaban J connectivity index is 1.86. The van der Waals surface area contributed by atoms with Crippen LogP contribution >= 0.6 is 0 Å². The molecule has 1 aromatic rings. The summed E-state index contributed by atoms with van der Waals surface area (Å²) in [5, 5.41) is 18.1. The smallest absolute Gasteiger partial charge is 0.329 e. The van der Waals surface area contributed by atoms with E-state index in [0.29, 0.717) is 25.4 Å². The summed E-state index contributed by atoms with van der Waals surface area (Å²) < 4.78 is 10.4. The van der Waals surface area contributed by atoms with Gasteiger partial charge in [0.05, 0.1) is 12.7 Å². The fourth-order valence-corrected chi connectivity index (χ4v) is 2.42. The predicted octanol–water partition coefficient (Wildman–Crippen LogP) is 1.08. The van der Waals surface area contributed by atoms with Gasteiger partial charge in [0.2, 0.25) is 0 Å². The number of ether oxygens (including phenoxy) is 2. The molecule has 1 heterocycles. The van der Waals surface area contributed by atoms with Crippen molar-refractivity contribution in [2.24, 2.45) is 0 Å². The highest BCUT2D eigenvalue weighted by atomic mass is 16.5. The van der Waals surface area contributed by atoms with Crippen LogP contribution in [-0.4, -0.2) is 53.5 Å². The molecule has 0 atom stereocenters. The van der Waals surface area contributed by atoms with Gasteiger partial charge >= 0.3 is 5.97 Å². The number of carboxylic acids is 1. The van der Waals surface area contributed by atoms with Gasteiger partial charge in [-0.05, 0) is 24.6 Å². The number of carboxylic acid groups (broad SMARTS) is 1. The molecule has 1 aliphatic heterocycles. The molecule has 0 saturated carbocycles. The minimum absolute atomic E-state index is 0.120. The fourth-order valence-electron chi connectivity index (χ4n) is 2.42. The molecule has 0 unspecified atom stereocenters. The zero-order chi connectivity index (χ0) is 14.8. The van der Waals surface area contributed by atoms with E-state index >= 15 is 0 Å². The number of hydrogen-bond acceptors (Lipinski definition) is 5. The number of aliphatic carboxylic acids is 1. The largest absolute Gasteiger partial charge is 0.504 e. The number of hydrogen-bond donors (Lipinski definition) is 2. The standard InChI is InChI=1S/C14H19NO5/c1-14(20-7-13(17)18)8-15(9-14)6-10-3-4-11(16)12(5-10)19-2/h3-5,16H,6-9H2,1-2H3,(H,17,18). The lowest BCUT2D eigenvalue weighted by atomic mass is 9.95. The van der Waals surface area contributed by atoms with Gasteiger partial charge in [-0.3, -0.25) is 4.90 Å². The van der Waals surface area contributed by atoms with E-state index in [9.17, 15) is 9.90 Å². The Hall–Kier alpha value is -1.79. The van der Waals surface area contributed by atoms with Crippen LogP contribution < -0.4 is 4.74 Å². The molecule has 1 fully saturated rings.